The number of anilines is 1. The zero-order chi connectivity index (χ0) is 11.1. The van der Waals surface area contributed by atoms with E-state index in [0.29, 0.717) is 6.04 Å². The van der Waals surface area contributed by atoms with Crippen LogP contribution in [-0.2, 0) is 0 Å². The number of aromatic nitrogens is 1. The predicted molar refractivity (Wildman–Crippen MR) is 72.5 cm³/mol. The topological polar surface area (TPSA) is 24.9 Å². The summed E-state index contributed by atoms with van der Waals surface area (Å²) >= 11 is 6.98. The van der Waals surface area contributed by atoms with Gasteiger partial charge < -0.3 is 5.32 Å². The molecule has 16 heavy (non-hydrogen) atoms. The van der Waals surface area contributed by atoms with Crippen LogP contribution in [0, 0.1) is 11.8 Å². The molecule has 0 unspecified atom stereocenters. The molecule has 0 atom stereocenters. The smallest absolute Gasteiger partial charge is 0.140 e. The van der Waals surface area contributed by atoms with Crippen LogP contribution in [0.4, 0.5) is 5.82 Å². The van der Waals surface area contributed by atoms with Crippen molar-refractivity contribution in [3.63, 3.8) is 0 Å². The molecule has 4 heteroatoms. The summed E-state index contributed by atoms with van der Waals surface area (Å²) in [6.45, 7) is 0. The van der Waals surface area contributed by atoms with Crippen LogP contribution in [0.15, 0.2) is 21.2 Å². The van der Waals surface area contributed by atoms with Crippen LogP contribution >= 0.6 is 31.9 Å². The van der Waals surface area contributed by atoms with Crippen molar-refractivity contribution in [1.82, 2.24) is 4.98 Å². The van der Waals surface area contributed by atoms with E-state index in [1.807, 2.05) is 12.3 Å². The first-order valence-corrected chi connectivity index (χ1v) is 7.40. The van der Waals surface area contributed by atoms with Gasteiger partial charge in [0.2, 0.25) is 0 Å². The van der Waals surface area contributed by atoms with Crippen LogP contribution in [0.3, 0.4) is 0 Å². The van der Waals surface area contributed by atoms with Crippen LogP contribution in [0.5, 0.6) is 0 Å². The molecule has 1 aromatic heterocycles. The summed E-state index contributed by atoms with van der Waals surface area (Å²) in [7, 11) is 0. The first kappa shape index (κ1) is 11.0. The highest BCUT2D eigenvalue weighted by atomic mass is 79.9. The Hall–Kier alpha value is -0.0900. The van der Waals surface area contributed by atoms with Crippen LogP contribution in [0.1, 0.15) is 25.7 Å². The van der Waals surface area contributed by atoms with Crippen molar-refractivity contribution in [2.45, 2.75) is 31.7 Å². The Morgan fingerprint density at radius 2 is 1.81 bits per heavy atom. The number of rotatable bonds is 4. The van der Waals surface area contributed by atoms with Gasteiger partial charge in [-0.3, -0.25) is 0 Å². The molecule has 2 fully saturated rings. The Labute approximate surface area is 112 Å². The predicted octanol–water partition coefficient (Wildman–Crippen LogP) is 4.21. The highest BCUT2D eigenvalue weighted by Gasteiger charge is 2.41. The third-order valence-electron chi connectivity index (χ3n) is 3.37. The van der Waals surface area contributed by atoms with Gasteiger partial charge in [-0.05, 0) is 75.4 Å². The van der Waals surface area contributed by atoms with Crippen molar-refractivity contribution in [2.75, 3.05) is 5.32 Å². The molecule has 86 valence electrons. The standard InChI is InChI=1S/C12H14Br2N2/c13-9-5-10(14)12(15-6-9)16-11(7-1-2-7)8-3-4-8/h5-8,11H,1-4H2,(H,15,16). The lowest BCUT2D eigenvalue weighted by Gasteiger charge is -2.19. The Kier molecular flexibility index (Phi) is 2.96. The third-order valence-corrected chi connectivity index (χ3v) is 4.41. The summed E-state index contributed by atoms with van der Waals surface area (Å²) in [5.41, 5.74) is 0. The van der Waals surface area contributed by atoms with Crippen molar-refractivity contribution in [3.8, 4) is 0 Å². The maximum Gasteiger partial charge on any atom is 0.140 e. The van der Waals surface area contributed by atoms with Crippen molar-refractivity contribution < 1.29 is 0 Å². The molecule has 0 saturated heterocycles. The fourth-order valence-electron chi connectivity index (χ4n) is 2.21. The Morgan fingerprint density at radius 3 is 2.31 bits per heavy atom. The number of hydrogen-bond acceptors (Lipinski definition) is 2. The maximum atomic E-state index is 4.43. The summed E-state index contributed by atoms with van der Waals surface area (Å²) in [4.78, 5) is 4.43. The van der Waals surface area contributed by atoms with E-state index in [4.69, 9.17) is 0 Å². The number of nitrogens with one attached hydrogen (secondary N) is 1. The summed E-state index contributed by atoms with van der Waals surface area (Å²) in [6.07, 6.45) is 7.42. The van der Waals surface area contributed by atoms with Gasteiger partial charge in [0.15, 0.2) is 0 Å². The fourth-order valence-corrected chi connectivity index (χ4v) is 3.31. The van der Waals surface area contributed by atoms with Gasteiger partial charge in [0.05, 0.1) is 4.47 Å². The average molecular weight is 346 g/mol. The van der Waals surface area contributed by atoms with Gasteiger partial charge in [0.25, 0.3) is 0 Å². The molecular weight excluding hydrogens is 332 g/mol. The van der Waals surface area contributed by atoms with Crippen molar-refractivity contribution in [1.29, 1.82) is 0 Å². The molecule has 0 spiro atoms. The Morgan fingerprint density at radius 1 is 1.19 bits per heavy atom. The summed E-state index contributed by atoms with van der Waals surface area (Å²) in [5.74, 6) is 2.78. The third kappa shape index (κ3) is 2.43. The first-order valence-electron chi connectivity index (χ1n) is 5.81. The highest BCUT2D eigenvalue weighted by molar-refractivity contribution is 9.11. The van der Waals surface area contributed by atoms with Gasteiger partial charge in [0.1, 0.15) is 5.82 Å². The number of hydrogen-bond donors (Lipinski definition) is 1. The van der Waals surface area contributed by atoms with E-state index in [1.165, 1.54) is 25.7 Å². The van der Waals surface area contributed by atoms with Crippen molar-refractivity contribution in [2.24, 2.45) is 11.8 Å². The monoisotopic (exact) mass is 344 g/mol. The molecule has 0 aliphatic heterocycles. The van der Waals surface area contributed by atoms with Crippen molar-refractivity contribution >= 4 is 37.7 Å². The normalized spacial score (nSPS) is 20.2. The molecule has 2 aliphatic rings. The van der Waals surface area contributed by atoms with Gasteiger partial charge in [-0.1, -0.05) is 0 Å². The molecule has 0 bridgehead atoms. The van der Waals surface area contributed by atoms with Crippen LogP contribution in [0.25, 0.3) is 0 Å². The quantitative estimate of drug-likeness (QED) is 0.884. The molecule has 0 amide bonds. The number of halogens is 2. The van der Waals surface area contributed by atoms with E-state index < -0.39 is 0 Å². The molecule has 3 rings (SSSR count). The molecule has 2 saturated carbocycles. The highest BCUT2D eigenvalue weighted by Crippen LogP contribution is 2.46. The van der Waals surface area contributed by atoms with Gasteiger partial charge >= 0.3 is 0 Å². The van der Waals surface area contributed by atoms with E-state index in [0.717, 1.165) is 26.6 Å². The van der Waals surface area contributed by atoms with E-state index in [2.05, 4.69) is 42.2 Å². The second-order valence-electron chi connectivity index (χ2n) is 4.83. The lowest BCUT2D eigenvalue weighted by atomic mass is 10.1. The molecule has 2 aliphatic carbocycles. The van der Waals surface area contributed by atoms with E-state index in [-0.39, 0.29) is 0 Å². The van der Waals surface area contributed by atoms with Crippen molar-refractivity contribution in [3.05, 3.63) is 21.2 Å². The Balaban J connectivity index is 1.76. The molecule has 1 heterocycles. The van der Waals surface area contributed by atoms with Crippen LogP contribution < -0.4 is 5.32 Å². The molecular formula is C12H14Br2N2. The lowest BCUT2D eigenvalue weighted by Crippen LogP contribution is -2.25. The number of pyridine rings is 1. The fraction of sp³-hybridized carbons (Fsp3) is 0.583. The zero-order valence-corrected chi connectivity index (χ0v) is 12.1. The number of nitrogens with zero attached hydrogens (tertiary/aromatic N) is 1. The second-order valence-corrected chi connectivity index (χ2v) is 6.60. The first-order chi connectivity index (χ1) is 7.74. The van der Waals surface area contributed by atoms with Gasteiger partial charge in [-0.2, -0.15) is 0 Å². The van der Waals surface area contributed by atoms with Crippen LogP contribution in [0.2, 0.25) is 0 Å². The second kappa shape index (κ2) is 4.30. The minimum absolute atomic E-state index is 0.657. The summed E-state index contributed by atoms with van der Waals surface area (Å²) in [6, 6.07) is 2.71. The zero-order valence-electron chi connectivity index (χ0n) is 8.92. The minimum atomic E-state index is 0.657. The SMILES string of the molecule is Brc1cnc(NC(C2CC2)C2CC2)c(Br)c1. The summed E-state index contributed by atoms with van der Waals surface area (Å²) in [5, 5.41) is 3.62. The van der Waals surface area contributed by atoms with E-state index in [1.54, 1.807) is 0 Å². The minimum Gasteiger partial charge on any atom is -0.366 e. The largest absolute Gasteiger partial charge is 0.366 e. The average Bonchev–Trinajstić information content (AvgIpc) is 3.11. The van der Waals surface area contributed by atoms with Gasteiger partial charge in [-0.15, -0.1) is 0 Å². The molecule has 0 radical (unpaired) electrons. The molecule has 2 nitrogen and oxygen atoms in total. The lowest BCUT2D eigenvalue weighted by molar-refractivity contribution is 0.565. The maximum absolute atomic E-state index is 4.43. The van der Waals surface area contributed by atoms with Gasteiger partial charge in [0, 0.05) is 16.7 Å². The van der Waals surface area contributed by atoms with E-state index in [9.17, 15) is 0 Å². The van der Waals surface area contributed by atoms with E-state index >= 15 is 0 Å². The Bertz CT molecular complexity index is 388. The van der Waals surface area contributed by atoms with Crippen LogP contribution in [-0.4, -0.2) is 11.0 Å². The summed E-state index contributed by atoms with van der Waals surface area (Å²) < 4.78 is 2.06. The van der Waals surface area contributed by atoms with Gasteiger partial charge in [-0.25, -0.2) is 4.98 Å². The molecule has 1 aromatic rings. The molecule has 1 N–H and O–H groups in total. The molecule has 0 aromatic carbocycles.